The van der Waals surface area contributed by atoms with Gasteiger partial charge in [0.25, 0.3) is 0 Å². The first kappa shape index (κ1) is 7.60. The molecule has 0 radical (unpaired) electrons. The van der Waals surface area contributed by atoms with Gasteiger partial charge in [0.05, 0.1) is 17.6 Å². The molecule has 0 N–H and O–H groups in total. The summed E-state index contributed by atoms with van der Waals surface area (Å²) < 4.78 is 0. The molecule has 0 saturated carbocycles. The second-order valence-corrected chi connectivity index (χ2v) is 2.08. The van der Waals surface area contributed by atoms with Crippen LogP contribution in [0.15, 0.2) is 18.5 Å². The van der Waals surface area contributed by atoms with E-state index in [2.05, 4.69) is 9.97 Å². The van der Waals surface area contributed by atoms with Crippen molar-refractivity contribution < 1.29 is 4.79 Å². The lowest BCUT2D eigenvalue weighted by molar-refractivity contribution is -0.104. The van der Waals surface area contributed by atoms with Gasteiger partial charge >= 0.3 is 0 Å². The predicted octanol–water partition coefficient (Wildman–Crippen LogP) is 0.997. The second-order valence-electron chi connectivity index (χ2n) is 2.08. The van der Waals surface area contributed by atoms with E-state index < -0.39 is 0 Å². The van der Waals surface area contributed by atoms with E-state index in [1.165, 1.54) is 6.08 Å². The lowest BCUT2D eigenvalue weighted by atomic mass is 10.4. The van der Waals surface area contributed by atoms with E-state index in [-0.39, 0.29) is 0 Å². The van der Waals surface area contributed by atoms with E-state index in [9.17, 15) is 4.79 Å². The highest BCUT2D eigenvalue weighted by Crippen LogP contribution is 1.95. The maximum Gasteiger partial charge on any atom is 0.142 e. The topological polar surface area (TPSA) is 42.9 Å². The fourth-order valence-electron chi connectivity index (χ4n) is 0.627. The molecule has 0 bridgehead atoms. The molecular formula is C8H8N2O. The summed E-state index contributed by atoms with van der Waals surface area (Å²) >= 11 is 0. The van der Waals surface area contributed by atoms with Gasteiger partial charge < -0.3 is 0 Å². The van der Waals surface area contributed by atoms with E-state index in [1.807, 2.05) is 6.92 Å². The minimum atomic E-state index is 0.697. The number of aldehydes is 1. The van der Waals surface area contributed by atoms with Gasteiger partial charge in [-0.2, -0.15) is 0 Å². The van der Waals surface area contributed by atoms with Crippen molar-refractivity contribution in [3.05, 3.63) is 29.9 Å². The normalized spacial score (nSPS) is 10.3. The molecule has 0 fully saturated rings. The lowest BCUT2D eigenvalue weighted by Gasteiger charge is -1.90. The summed E-state index contributed by atoms with van der Waals surface area (Å²) in [6, 6.07) is 0. The zero-order chi connectivity index (χ0) is 8.10. The third-order valence-corrected chi connectivity index (χ3v) is 1.15. The predicted molar refractivity (Wildman–Crippen MR) is 41.9 cm³/mol. The summed E-state index contributed by atoms with van der Waals surface area (Å²) in [6.07, 6.45) is 6.99. The van der Waals surface area contributed by atoms with Crippen LogP contribution in [-0.4, -0.2) is 16.3 Å². The van der Waals surface area contributed by atoms with Crippen molar-refractivity contribution in [1.82, 2.24) is 9.97 Å². The standard InChI is InChI=1S/C8H8N2O/c1-7-5-10-8(6-9-7)3-2-4-11/h2-6H,1H3/b3-2+. The number of hydrogen-bond donors (Lipinski definition) is 0. The number of hydrogen-bond acceptors (Lipinski definition) is 3. The van der Waals surface area contributed by atoms with Gasteiger partial charge in [0.15, 0.2) is 0 Å². The number of rotatable bonds is 2. The zero-order valence-electron chi connectivity index (χ0n) is 6.19. The molecule has 1 aromatic rings. The molecule has 0 amide bonds. The van der Waals surface area contributed by atoms with Gasteiger partial charge in [0.2, 0.25) is 0 Å². The van der Waals surface area contributed by atoms with Crippen molar-refractivity contribution in [3.63, 3.8) is 0 Å². The van der Waals surface area contributed by atoms with Crippen LogP contribution in [0.1, 0.15) is 11.4 Å². The Kier molecular flexibility index (Phi) is 2.49. The molecule has 1 rings (SSSR count). The van der Waals surface area contributed by atoms with E-state index in [4.69, 9.17) is 0 Å². The molecule has 11 heavy (non-hydrogen) atoms. The fourth-order valence-corrected chi connectivity index (χ4v) is 0.627. The summed E-state index contributed by atoms with van der Waals surface area (Å²) in [5, 5.41) is 0. The number of aryl methyl sites for hydroxylation is 1. The van der Waals surface area contributed by atoms with Gasteiger partial charge in [-0.1, -0.05) is 0 Å². The first-order valence-electron chi connectivity index (χ1n) is 3.23. The third-order valence-electron chi connectivity index (χ3n) is 1.15. The average molecular weight is 148 g/mol. The number of carbonyl (C=O) groups is 1. The number of nitrogens with zero attached hydrogens (tertiary/aromatic N) is 2. The Morgan fingerprint density at radius 2 is 2.18 bits per heavy atom. The van der Waals surface area contributed by atoms with Gasteiger partial charge in [0.1, 0.15) is 6.29 Å². The highest BCUT2D eigenvalue weighted by atomic mass is 16.1. The Hall–Kier alpha value is -1.51. The lowest BCUT2D eigenvalue weighted by Crippen LogP contribution is -1.85. The first-order chi connectivity index (χ1) is 5.33. The monoisotopic (exact) mass is 148 g/mol. The summed E-state index contributed by atoms with van der Waals surface area (Å²) in [5.41, 5.74) is 1.57. The Bertz CT molecular complexity index is 264. The molecule has 0 spiro atoms. The highest BCUT2D eigenvalue weighted by molar-refractivity contribution is 5.72. The maximum atomic E-state index is 9.91. The molecule has 0 aliphatic carbocycles. The van der Waals surface area contributed by atoms with Crippen molar-refractivity contribution in [2.24, 2.45) is 0 Å². The van der Waals surface area contributed by atoms with Crippen molar-refractivity contribution in [2.45, 2.75) is 6.92 Å². The minimum absolute atomic E-state index is 0.697. The molecule has 0 aliphatic rings. The Labute approximate surface area is 64.8 Å². The SMILES string of the molecule is Cc1cnc(/C=C/C=O)cn1. The molecule has 0 unspecified atom stereocenters. The molecule has 0 aliphatic heterocycles. The zero-order valence-corrected chi connectivity index (χ0v) is 6.19. The molecule has 0 atom stereocenters. The van der Waals surface area contributed by atoms with E-state index in [0.29, 0.717) is 12.0 Å². The van der Waals surface area contributed by atoms with E-state index in [1.54, 1.807) is 18.5 Å². The van der Waals surface area contributed by atoms with Gasteiger partial charge in [0, 0.05) is 6.20 Å². The van der Waals surface area contributed by atoms with Crippen LogP contribution in [0.5, 0.6) is 0 Å². The smallest absolute Gasteiger partial charge is 0.142 e. The molecule has 3 heteroatoms. The molecule has 0 aromatic carbocycles. The fraction of sp³-hybridized carbons (Fsp3) is 0.125. The number of allylic oxidation sites excluding steroid dienone is 1. The summed E-state index contributed by atoms with van der Waals surface area (Å²) in [7, 11) is 0. The van der Waals surface area contributed by atoms with Crippen LogP contribution in [-0.2, 0) is 4.79 Å². The Balaban J connectivity index is 2.81. The van der Waals surface area contributed by atoms with Crippen molar-refractivity contribution in [1.29, 1.82) is 0 Å². The molecule has 1 heterocycles. The van der Waals surface area contributed by atoms with Crippen LogP contribution >= 0.6 is 0 Å². The maximum absolute atomic E-state index is 9.91. The second kappa shape index (κ2) is 3.61. The van der Waals surface area contributed by atoms with Crippen LogP contribution in [0.25, 0.3) is 6.08 Å². The molecule has 56 valence electrons. The number of aromatic nitrogens is 2. The van der Waals surface area contributed by atoms with E-state index >= 15 is 0 Å². The first-order valence-corrected chi connectivity index (χ1v) is 3.23. The van der Waals surface area contributed by atoms with Gasteiger partial charge in [-0.25, -0.2) is 0 Å². The van der Waals surface area contributed by atoms with Crippen LogP contribution in [0.3, 0.4) is 0 Å². The van der Waals surface area contributed by atoms with E-state index in [0.717, 1.165) is 5.69 Å². The summed E-state index contributed by atoms with van der Waals surface area (Å²) in [6.45, 7) is 1.86. The average Bonchev–Trinajstić information content (AvgIpc) is 2.04. The quantitative estimate of drug-likeness (QED) is 0.464. The van der Waals surface area contributed by atoms with Crippen molar-refractivity contribution in [3.8, 4) is 0 Å². The summed E-state index contributed by atoms with van der Waals surface area (Å²) in [5.74, 6) is 0. The van der Waals surface area contributed by atoms with Crippen LogP contribution < -0.4 is 0 Å². The third kappa shape index (κ3) is 2.29. The molecular weight excluding hydrogens is 140 g/mol. The molecule has 0 saturated heterocycles. The van der Waals surface area contributed by atoms with Gasteiger partial charge in [-0.3, -0.25) is 14.8 Å². The molecule has 3 nitrogen and oxygen atoms in total. The van der Waals surface area contributed by atoms with Gasteiger partial charge in [-0.05, 0) is 19.1 Å². The van der Waals surface area contributed by atoms with Crippen LogP contribution in [0.2, 0.25) is 0 Å². The van der Waals surface area contributed by atoms with Crippen molar-refractivity contribution in [2.75, 3.05) is 0 Å². The largest absolute Gasteiger partial charge is 0.299 e. The van der Waals surface area contributed by atoms with Crippen LogP contribution in [0, 0.1) is 6.92 Å². The summed E-state index contributed by atoms with van der Waals surface area (Å²) in [4.78, 5) is 17.9. The van der Waals surface area contributed by atoms with Crippen LogP contribution in [0.4, 0.5) is 0 Å². The number of carbonyl (C=O) groups excluding carboxylic acids is 1. The minimum Gasteiger partial charge on any atom is -0.299 e. The van der Waals surface area contributed by atoms with Gasteiger partial charge in [-0.15, -0.1) is 0 Å². The highest BCUT2D eigenvalue weighted by Gasteiger charge is 1.86. The Morgan fingerprint density at radius 1 is 1.36 bits per heavy atom. The Morgan fingerprint density at radius 3 is 2.73 bits per heavy atom. The van der Waals surface area contributed by atoms with Crippen molar-refractivity contribution >= 4 is 12.4 Å². The molecule has 1 aromatic heterocycles.